The van der Waals surface area contributed by atoms with Gasteiger partial charge >= 0.3 is 5.97 Å². The number of carboxylic acid groups (broad SMARTS) is 1. The molecule has 0 saturated carbocycles. The number of benzene rings is 1. The molecule has 1 aromatic heterocycles. The van der Waals surface area contributed by atoms with Crippen LogP contribution >= 0.6 is 0 Å². The van der Waals surface area contributed by atoms with E-state index in [9.17, 15) is 9.18 Å². The topological polar surface area (TPSA) is 76.2 Å². The number of nitrogens with two attached hydrogens (primary N) is 1. The van der Waals surface area contributed by atoms with Crippen LogP contribution in [0.5, 0.6) is 0 Å². The van der Waals surface area contributed by atoms with Gasteiger partial charge in [0.25, 0.3) is 0 Å². The Labute approximate surface area is 103 Å². The van der Waals surface area contributed by atoms with Crippen molar-refractivity contribution in [3.63, 3.8) is 0 Å². The number of nitrogens with zero attached hydrogens (tertiary/aromatic N) is 1. The fraction of sp³-hybridized carbons (Fsp3) is 0.0769. The molecule has 0 saturated heterocycles. The number of hydrogen-bond acceptors (Lipinski definition) is 3. The van der Waals surface area contributed by atoms with Crippen LogP contribution in [0.15, 0.2) is 30.5 Å². The summed E-state index contributed by atoms with van der Waals surface area (Å²) in [7, 11) is 0. The maximum absolute atomic E-state index is 13.5. The maximum Gasteiger partial charge on any atom is 0.336 e. The molecule has 1 heterocycles. The van der Waals surface area contributed by atoms with E-state index in [0.29, 0.717) is 16.7 Å². The second kappa shape index (κ2) is 4.44. The summed E-state index contributed by atoms with van der Waals surface area (Å²) in [5.74, 6) is -1.39. The summed E-state index contributed by atoms with van der Waals surface area (Å²) in [5, 5.41) is 9.13. The van der Waals surface area contributed by atoms with E-state index in [1.54, 1.807) is 13.0 Å². The largest absolute Gasteiger partial charge is 0.478 e. The lowest BCUT2D eigenvalue weighted by atomic mass is 9.97. The van der Waals surface area contributed by atoms with Crippen molar-refractivity contribution in [2.24, 2.45) is 0 Å². The molecule has 4 nitrogen and oxygen atoms in total. The Morgan fingerprint density at radius 2 is 2.11 bits per heavy atom. The molecule has 0 aliphatic carbocycles. The minimum Gasteiger partial charge on any atom is -0.478 e. The molecular formula is C13H11FN2O2. The Hall–Kier alpha value is -2.43. The molecule has 2 rings (SSSR count). The molecule has 3 N–H and O–H groups in total. The number of pyridine rings is 1. The Morgan fingerprint density at radius 3 is 2.78 bits per heavy atom. The SMILES string of the molecule is Cc1c(F)cccc1-c1cnc(N)cc1C(=O)O. The third kappa shape index (κ3) is 2.02. The minimum atomic E-state index is -1.12. The summed E-state index contributed by atoms with van der Waals surface area (Å²) in [6.07, 6.45) is 1.35. The first-order chi connectivity index (χ1) is 8.50. The predicted octanol–water partition coefficient (Wildman–Crippen LogP) is 2.48. The molecule has 2 aromatic rings. The van der Waals surface area contributed by atoms with E-state index in [0.717, 1.165) is 0 Å². The van der Waals surface area contributed by atoms with Crippen molar-refractivity contribution in [3.05, 3.63) is 47.4 Å². The van der Waals surface area contributed by atoms with Gasteiger partial charge in [0, 0.05) is 11.8 Å². The third-order valence-corrected chi connectivity index (χ3v) is 2.71. The van der Waals surface area contributed by atoms with Crippen molar-refractivity contribution in [1.29, 1.82) is 0 Å². The molecule has 0 radical (unpaired) electrons. The molecule has 92 valence electrons. The Kier molecular flexibility index (Phi) is 2.97. The molecule has 0 atom stereocenters. The van der Waals surface area contributed by atoms with Crippen LogP contribution in [0.3, 0.4) is 0 Å². The van der Waals surface area contributed by atoms with Crippen LogP contribution in [0.25, 0.3) is 11.1 Å². The van der Waals surface area contributed by atoms with Gasteiger partial charge < -0.3 is 10.8 Å². The van der Waals surface area contributed by atoms with Crippen LogP contribution in [-0.4, -0.2) is 16.1 Å². The smallest absolute Gasteiger partial charge is 0.336 e. The zero-order valence-electron chi connectivity index (χ0n) is 9.64. The number of anilines is 1. The van der Waals surface area contributed by atoms with Crippen LogP contribution < -0.4 is 5.73 Å². The summed E-state index contributed by atoms with van der Waals surface area (Å²) in [6.45, 7) is 1.59. The Bertz CT molecular complexity index is 626. The number of nitrogen functional groups attached to an aromatic ring is 1. The fourth-order valence-corrected chi connectivity index (χ4v) is 1.76. The third-order valence-electron chi connectivity index (χ3n) is 2.71. The molecule has 0 bridgehead atoms. The van der Waals surface area contributed by atoms with Crippen LogP contribution in [0.4, 0.5) is 10.2 Å². The molecular weight excluding hydrogens is 235 g/mol. The lowest BCUT2D eigenvalue weighted by Gasteiger charge is -2.10. The average molecular weight is 246 g/mol. The normalized spacial score (nSPS) is 10.3. The fourth-order valence-electron chi connectivity index (χ4n) is 1.76. The zero-order chi connectivity index (χ0) is 13.3. The summed E-state index contributed by atoms with van der Waals surface area (Å²) in [5.41, 5.74) is 6.71. The molecule has 5 heteroatoms. The van der Waals surface area contributed by atoms with Gasteiger partial charge in [0.1, 0.15) is 11.6 Å². The second-order valence-electron chi connectivity index (χ2n) is 3.87. The molecule has 0 amide bonds. The van der Waals surface area contributed by atoms with E-state index in [2.05, 4.69) is 4.98 Å². The minimum absolute atomic E-state index is 0.0104. The monoisotopic (exact) mass is 246 g/mol. The lowest BCUT2D eigenvalue weighted by Crippen LogP contribution is -2.04. The van der Waals surface area contributed by atoms with Crippen molar-refractivity contribution in [1.82, 2.24) is 4.98 Å². The van der Waals surface area contributed by atoms with Crippen molar-refractivity contribution < 1.29 is 14.3 Å². The van der Waals surface area contributed by atoms with Crippen LogP contribution in [0.1, 0.15) is 15.9 Å². The molecule has 0 fully saturated rings. The highest BCUT2D eigenvalue weighted by molar-refractivity contribution is 5.97. The number of rotatable bonds is 2. The van der Waals surface area contributed by atoms with Crippen LogP contribution in [-0.2, 0) is 0 Å². The predicted molar refractivity (Wildman–Crippen MR) is 65.7 cm³/mol. The molecule has 0 spiro atoms. The number of carboxylic acids is 1. The molecule has 1 aromatic carbocycles. The summed E-state index contributed by atoms with van der Waals surface area (Å²) >= 11 is 0. The van der Waals surface area contributed by atoms with Gasteiger partial charge in [-0.25, -0.2) is 14.2 Å². The van der Waals surface area contributed by atoms with Crippen LogP contribution in [0, 0.1) is 12.7 Å². The van der Waals surface area contributed by atoms with E-state index >= 15 is 0 Å². The molecule has 18 heavy (non-hydrogen) atoms. The first kappa shape index (κ1) is 12.0. The van der Waals surface area contributed by atoms with E-state index in [1.807, 2.05) is 0 Å². The van der Waals surface area contributed by atoms with Gasteiger partial charge in [-0.2, -0.15) is 0 Å². The quantitative estimate of drug-likeness (QED) is 0.853. The highest BCUT2D eigenvalue weighted by Gasteiger charge is 2.15. The number of aromatic nitrogens is 1. The highest BCUT2D eigenvalue weighted by Crippen LogP contribution is 2.28. The highest BCUT2D eigenvalue weighted by atomic mass is 19.1. The average Bonchev–Trinajstić information content (AvgIpc) is 2.33. The van der Waals surface area contributed by atoms with Crippen molar-refractivity contribution in [2.45, 2.75) is 6.92 Å². The van der Waals surface area contributed by atoms with E-state index in [-0.39, 0.29) is 17.2 Å². The van der Waals surface area contributed by atoms with E-state index in [1.165, 1.54) is 24.4 Å². The van der Waals surface area contributed by atoms with Gasteiger partial charge in [-0.3, -0.25) is 0 Å². The molecule has 0 aliphatic rings. The summed E-state index contributed by atoms with van der Waals surface area (Å²) < 4.78 is 13.5. The number of halogens is 1. The van der Waals surface area contributed by atoms with Crippen molar-refractivity contribution >= 4 is 11.8 Å². The first-order valence-corrected chi connectivity index (χ1v) is 5.25. The van der Waals surface area contributed by atoms with Crippen molar-refractivity contribution in [2.75, 3.05) is 5.73 Å². The second-order valence-corrected chi connectivity index (χ2v) is 3.87. The zero-order valence-corrected chi connectivity index (χ0v) is 9.64. The van der Waals surface area contributed by atoms with Gasteiger partial charge in [-0.05, 0) is 30.2 Å². The van der Waals surface area contributed by atoms with E-state index in [4.69, 9.17) is 10.8 Å². The molecule has 0 aliphatic heterocycles. The first-order valence-electron chi connectivity index (χ1n) is 5.25. The van der Waals surface area contributed by atoms with Crippen molar-refractivity contribution in [3.8, 4) is 11.1 Å². The Balaban J connectivity index is 2.71. The van der Waals surface area contributed by atoms with Gasteiger partial charge in [-0.15, -0.1) is 0 Å². The summed E-state index contributed by atoms with van der Waals surface area (Å²) in [4.78, 5) is 15.0. The van der Waals surface area contributed by atoms with Gasteiger partial charge in [0.15, 0.2) is 0 Å². The molecule has 0 unspecified atom stereocenters. The lowest BCUT2D eigenvalue weighted by molar-refractivity contribution is 0.0697. The van der Waals surface area contributed by atoms with E-state index < -0.39 is 5.97 Å². The van der Waals surface area contributed by atoms with Gasteiger partial charge in [0.05, 0.1) is 5.56 Å². The van der Waals surface area contributed by atoms with Gasteiger partial charge in [-0.1, -0.05) is 12.1 Å². The maximum atomic E-state index is 13.5. The standard InChI is InChI=1S/C13H11FN2O2/c1-7-8(3-2-4-11(7)14)10-6-16-12(15)5-9(10)13(17)18/h2-6H,1H3,(H2,15,16)(H,17,18). The van der Waals surface area contributed by atoms with Crippen LogP contribution in [0.2, 0.25) is 0 Å². The number of carbonyl (C=O) groups is 1. The number of aromatic carboxylic acids is 1. The van der Waals surface area contributed by atoms with Gasteiger partial charge in [0.2, 0.25) is 0 Å². The Morgan fingerprint density at radius 1 is 1.39 bits per heavy atom. The summed E-state index contributed by atoms with van der Waals surface area (Å²) in [6, 6.07) is 5.77. The number of hydrogen-bond donors (Lipinski definition) is 2.